The van der Waals surface area contributed by atoms with Crippen LogP contribution in [0.3, 0.4) is 0 Å². The number of thioether (sulfide) groups is 1. The van der Waals surface area contributed by atoms with Crippen molar-refractivity contribution < 1.29 is 9.16 Å². The summed E-state index contributed by atoms with van der Waals surface area (Å²) < 4.78 is 13.1. The summed E-state index contributed by atoms with van der Waals surface area (Å²) in [6.07, 6.45) is 1.33. The highest BCUT2D eigenvalue weighted by Crippen LogP contribution is 2.31. The fourth-order valence-corrected chi connectivity index (χ4v) is 3.40. The van der Waals surface area contributed by atoms with Gasteiger partial charge in [0.25, 0.3) is 0 Å². The van der Waals surface area contributed by atoms with E-state index in [0.29, 0.717) is 12.4 Å². The van der Waals surface area contributed by atoms with E-state index in [9.17, 15) is 4.79 Å². The lowest BCUT2D eigenvalue weighted by Crippen LogP contribution is -2.31. The largest absolute Gasteiger partial charge is 0.414 e. The standard InChI is InChI=1S/C11H19N3O3SSi/c1-19(2,3)16-6-10-17-9(7-18-10)14-5-4-8(12)13-11(14)15/h4-5,9-10H,6-7H2,1-3H3,(H2,12,13,15). The fourth-order valence-electron chi connectivity index (χ4n) is 1.64. The summed E-state index contributed by atoms with van der Waals surface area (Å²) in [5.74, 6) is 0.941. The van der Waals surface area contributed by atoms with Gasteiger partial charge in [-0.05, 0) is 25.7 Å². The van der Waals surface area contributed by atoms with Crippen molar-refractivity contribution in [2.75, 3.05) is 18.1 Å². The summed E-state index contributed by atoms with van der Waals surface area (Å²) in [4.78, 5) is 15.4. The van der Waals surface area contributed by atoms with Gasteiger partial charge in [0.2, 0.25) is 0 Å². The molecule has 0 saturated carbocycles. The van der Waals surface area contributed by atoms with E-state index >= 15 is 0 Å². The molecule has 1 fully saturated rings. The summed E-state index contributed by atoms with van der Waals surface area (Å²) in [5.41, 5.74) is 5.06. The molecular formula is C11H19N3O3SSi. The van der Waals surface area contributed by atoms with Crippen LogP contribution < -0.4 is 11.4 Å². The van der Waals surface area contributed by atoms with Crippen molar-refractivity contribution in [2.24, 2.45) is 0 Å². The number of hydrogen-bond acceptors (Lipinski definition) is 6. The summed E-state index contributed by atoms with van der Waals surface area (Å²) >= 11 is 1.66. The van der Waals surface area contributed by atoms with Crippen LogP contribution in [-0.4, -0.2) is 35.7 Å². The molecular weight excluding hydrogens is 282 g/mol. The Labute approximate surface area is 117 Å². The van der Waals surface area contributed by atoms with Crippen LogP contribution in [0.2, 0.25) is 19.6 Å². The first-order chi connectivity index (χ1) is 8.85. The first kappa shape index (κ1) is 14.6. The van der Waals surface area contributed by atoms with Crippen LogP contribution in [-0.2, 0) is 9.16 Å². The molecule has 106 valence electrons. The quantitative estimate of drug-likeness (QED) is 0.844. The van der Waals surface area contributed by atoms with E-state index in [-0.39, 0.29) is 23.2 Å². The van der Waals surface area contributed by atoms with Crippen molar-refractivity contribution in [3.05, 3.63) is 22.7 Å². The van der Waals surface area contributed by atoms with Crippen LogP contribution in [0, 0.1) is 0 Å². The van der Waals surface area contributed by atoms with E-state index in [4.69, 9.17) is 14.9 Å². The Morgan fingerprint density at radius 2 is 2.37 bits per heavy atom. The van der Waals surface area contributed by atoms with E-state index in [0.717, 1.165) is 0 Å². The van der Waals surface area contributed by atoms with Crippen molar-refractivity contribution >= 4 is 25.9 Å². The molecule has 1 saturated heterocycles. The number of ether oxygens (including phenoxy) is 1. The van der Waals surface area contributed by atoms with Gasteiger partial charge in [-0.1, -0.05) is 0 Å². The van der Waals surface area contributed by atoms with Crippen molar-refractivity contribution in [1.29, 1.82) is 0 Å². The predicted octanol–water partition coefficient (Wildman–Crippen LogP) is 1.27. The third-order valence-electron chi connectivity index (χ3n) is 2.55. The van der Waals surface area contributed by atoms with Gasteiger partial charge in [-0.2, -0.15) is 4.98 Å². The van der Waals surface area contributed by atoms with Crippen molar-refractivity contribution in [2.45, 2.75) is 31.3 Å². The monoisotopic (exact) mass is 301 g/mol. The van der Waals surface area contributed by atoms with Gasteiger partial charge in [0.15, 0.2) is 8.32 Å². The van der Waals surface area contributed by atoms with Crippen LogP contribution in [0.15, 0.2) is 17.1 Å². The van der Waals surface area contributed by atoms with Gasteiger partial charge >= 0.3 is 5.69 Å². The molecule has 0 spiro atoms. The molecule has 0 aliphatic carbocycles. The molecule has 0 amide bonds. The molecule has 2 heterocycles. The van der Waals surface area contributed by atoms with Gasteiger partial charge in [-0.25, -0.2) is 4.79 Å². The number of nitrogens with zero attached hydrogens (tertiary/aromatic N) is 2. The van der Waals surface area contributed by atoms with Gasteiger partial charge < -0.3 is 14.9 Å². The van der Waals surface area contributed by atoms with Crippen molar-refractivity contribution in [3.8, 4) is 0 Å². The summed E-state index contributed by atoms with van der Waals surface area (Å²) in [6.45, 7) is 6.98. The Hall–Kier alpha value is -0.833. The molecule has 8 heteroatoms. The van der Waals surface area contributed by atoms with Crippen LogP contribution in [0.25, 0.3) is 0 Å². The maximum absolute atomic E-state index is 11.7. The Kier molecular flexibility index (Phi) is 4.34. The molecule has 2 N–H and O–H groups in total. The Morgan fingerprint density at radius 3 is 3.00 bits per heavy atom. The number of rotatable bonds is 4. The Morgan fingerprint density at radius 1 is 1.63 bits per heavy atom. The third kappa shape index (κ3) is 4.07. The minimum Gasteiger partial charge on any atom is -0.414 e. The molecule has 0 bridgehead atoms. The van der Waals surface area contributed by atoms with Crippen molar-refractivity contribution in [3.63, 3.8) is 0 Å². The van der Waals surface area contributed by atoms with Gasteiger partial charge in [0, 0.05) is 11.9 Å². The van der Waals surface area contributed by atoms with Gasteiger partial charge in [-0.3, -0.25) is 4.57 Å². The lowest BCUT2D eigenvalue weighted by Gasteiger charge is -2.20. The van der Waals surface area contributed by atoms with Gasteiger partial charge in [0.05, 0.1) is 6.61 Å². The summed E-state index contributed by atoms with van der Waals surface area (Å²) in [7, 11) is -1.54. The highest BCUT2D eigenvalue weighted by Gasteiger charge is 2.29. The lowest BCUT2D eigenvalue weighted by atomic mass is 10.5. The first-order valence-electron chi connectivity index (χ1n) is 6.11. The number of nitrogen functional groups attached to an aromatic ring is 1. The minimum atomic E-state index is -1.54. The van der Waals surface area contributed by atoms with Crippen LogP contribution >= 0.6 is 11.8 Å². The number of anilines is 1. The SMILES string of the molecule is C[Si](C)(C)OCC1OC(n2ccc(N)nc2=O)CS1. The molecule has 2 rings (SSSR count). The first-order valence-corrected chi connectivity index (χ1v) is 10.6. The normalized spacial score (nSPS) is 23.7. The number of nitrogens with two attached hydrogens (primary N) is 1. The number of aromatic nitrogens is 2. The molecule has 1 aromatic rings. The maximum Gasteiger partial charge on any atom is 0.351 e. The fraction of sp³-hybridized carbons (Fsp3) is 0.636. The zero-order valence-electron chi connectivity index (χ0n) is 11.3. The molecule has 19 heavy (non-hydrogen) atoms. The molecule has 2 unspecified atom stereocenters. The lowest BCUT2D eigenvalue weighted by molar-refractivity contribution is -0.00320. The van der Waals surface area contributed by atoms with Crippen LogP contribution in [0.4, 0.5) is 5.82 Å². The third-order valence-corrected chi connectivity index (χ3v) is 4.68. The van der Waals surface area contributed by atoms with Crippen LogP contribution in [0.5, 0.6) is 0 Å². The van der Waals surface area contributed by atoms with E-state index in [2.05, 4.69) is 24.6 Å². The maximum atomic E-state index is 11.7. The Bertz CT molecular complexity index is 503. The predicted molar refractivity (Wildman–Crippen MR) is 78.6 cm³/mol. The van der Waals surface area contributed by atoms with E-state index in [1.54, 1.807) is 24.0 Å². The second-order valence-corrected chi connectivity index (χ2v) is 11.0. The molecule has 2 atom stereocenters. The molecule has 6 nitrogen and oxygen atoms in total. The average molecular weight is 301 g/mol. The van der Waals surface area contributed by atoms with Gasteiger partial charge in [0.1, 0.15) is 17.5 Å². The molecule has 1 aliphatic rings. The average Bonchev–Trinajstić information content (AvgIpc) is 2.74. The molecule has 0 radical (unpaired) electrons. The van der Waals surface area contributed by atoms with Crippen LogP contribution in [0.1, 0.15) is 6.23 Å². The van der Waals surface area contributed by atoms with E-state index in [1.165, 1.54) is 4.57 Å². The molecule has 1 aromatic heterocycles. The molecule has 1 aliphatic heterocycles. The smallest absolute Gasteiger partial charge is 0.351 e. The van der Waals surface area contributed by atoms with Gasteiger partial charge in [-0.15, -0.1) is 11.8 Å². The summed E-state index contributed by atoms with van der Waals surface area (Å²) in [5, 5.41) is 0. The van der Waals surface area contributed by atoms with E-state index < -0.39 is 8.32 Å². The zero-order valence-corrected chi connectivity index (χ0v) is 13.1. The van der Waals surface area contributed by atoms with Crippen molar-refractivity contribution in [1.82, 2.24) is 9.55 Å². The second-order valence-electron chi connectivity index (χ2n) is 5.32. The molecule has 0 aromatic carbocycles. The minimum absolute atomic E-state index is 0.0267. The Balaban J connectivity index is 1.96. The summed E-state index contributed by atoms with van der Waals surface area (Å²) in [6, 6.07) is 1.60. The topological polar surface area (TPSA) is 79.4 Å². The highest BCUT2D eigenvalue weighted by atomic mass is 32.2. The zero-order chi connectivity index (χ0) is 14.0. The second kappa shape index (κ2) is 5.66. The van der Waals surface area contributed by atoms with E-state index in [1.807, 2.05) is 0 Å². The highest BCUT2D eigenvalue weighted by molar-refractivity contribution is 8.00. The number of hydrogen-bond donors (Lipinski definition) is 1.